The lowest BCUT2D eigenvalue weighted by Crippen LogP contribution is -2.42. The molecule has 0 bridgehead atoms. The van der Waals surface area contributed by atoms with Gasteiger partial charge in [-0.3, -0.25) is 14.5 Å². The van der Waals surface area contributed by atoms with Gasteiger partial charge in [0.05, 0.1) is 11.6 Å². The fourth-order valence-corrected chi connectivity index (χ4v) is 5.00. The van der Waals surface area contributed by atoms with Crippen molar-refractivity contribution >= 4 is 33.3 Å². The van der Waals surface area contributed by atoms with Crippen LogP contribution in [0.1, 0.15) is 44.1 Å². The first-order chi connectivity index (χ1) is 14.6. The molecule has 1 aliphatic carbocycles. The number of halogens is 1. The summed E-state index contributed by atoms with van der Waals surface area (Å²) in [6.45, 7) is 0. The van der Waals surface area contributed by atoms with Crippen molar-refractivity contribution in [2.24, 2.45) is 5.92 Å². The Hall–Kier alpha value is -2.40. The first-order valence-corrected chi connectivity index (χ1v) is 11.4. The second kappa shape index (κ2) is 9.17. The third-order valence-corrected chi connectivity index (χ3v) is 6.76. The van der Waals surface area contributed by atoms with Crippen molar-refractivity contribution in [3.05, 3.63) is 76.0 Å². The van der Waals surface area contributed by atoms with Crippen molar-refractivity contribution in [2.75, 3.05) is 4.90 Å². The second-order valence-corrected chi connectivity index (χ2v) is 9.08. The minimum Gasteiger partial charge on any atom is -0.503 e. The first kappa shape index (κ1) is 20.9. The van der Waals surface area contributed by atoms with Crippen LogP contribution >= 0.6 is 15.9 Å². The average Bonchev–Trinajstić information content (AvgIpc) is 3.05. The number of anilines is 1. The van der Waals surface area contributed by atoms with E-state index in [4.69, 9.17) is 0 Å². The normalized spacial score (nSPS) is 20.1. The molecule has 1 aliphatic heterocycles. The van der Waals surface area contributed by atoms with Crippen LogP contribution in [0.3, 0.4) is 0 Å². The molecule has 1 amide bonds. The Balaban J connectivity index is 1.64. The molecule has 0 saturated heterocycles. The van der Waals surface area contributed by atoms with Crippen molar-refractivity contribution in [3.63, 3.8) is 0 Å². The molecule has 1 atom stereocenters. The molecule has 156 valence electrons. The van der Waals surface area contributed by atoms with E-state index in [1.54, 1.807) is 4.90 Å². The zero-order chi connectivity index (χ0) is 21.1. The highest BCUT2D eigenvalue weighted by molar-refractivity contribution is 9.10. The lowest BCUT2D eigenvalue weighted by molar-refractivity contribution is -0.118. The lowest BCUT2D eigenvalue weighted by atomic mass is 9.79. The van der Waals surface area contributed by atoms with Crippen molar-refractivity contribution in [1.82, 2.24) is 0 Å². The summed E-state index contributed by atoms with van der Waals surface area (Å²) in [5.41, 5.74) is 2.11. The lowest BCUT2D eigenvalue weighted by Gasteiger charge is -2.35. The Labute approximate surface area is 185 Å². The van der Waals surface area contributed by atoms with Crippen LogP contribution in [-0.4, -0.2) is 22.8 Å². The van der Waals surface area contributed by atoms with Crippen molar-refractivity contribution in [3.8, 4) is 0 Å². The zero-order valence-corrected chi connectivity index (χ0v) is 18.5. The summed E-state index contributed by atoms with van der Waals surface area (Å²) in [6.07, 6.45) is 6.18. The molecule has 1 unspecified atom stereocenters. The third-order valence-electron chi connectivity index (χ3n) is 6.24. The van der Waals surface area contributed by atoms with E-state index in [-0.39, 0.29) is 29.9 Å². The summed E-state index contributed by atoms with van der Waals surface area (Å²) in [5.74, 6) is -0.769. The topological polar surface area (TPSA) is 57.6 Å². The van der Waals surface area contributed by atoms with Crippen LogP contribution in [0.2, 0.25) is 0 Å². The highest BCUT2D eigenvalue weighted by Gasteiger charge is 2.46. The minimum atomic E-state index is -0.462. The smallest absolute Gasteiger partial charge is 0.294 e. The fourth-order valence-electron chi connectivity index (χ4n) is 4.73. The van der Waals surface area contributed by atoms with E-state index in [0.717, 1.165) is 41.4 Å². The molecule has 2 aromatic carbocycles. The molecule has 2 aromatic rings. The van der Waals surface area contributed by atoms with Gasteiger partial charge in [-0.2, -0.15) is 0 Å². The van der Waals surface area contributed by atoms with Crippen molar-refractivity contribution in [2.45, 2.75) is 51.0 Å². The molecule has 2 aliphatic rings. The summed E-state index contributed by atoms with van der Waals surface area (Å²) in [6, 6.07) is 16.9. The summed E-state index contributed by atoms with van der Waals surface area (Å²) in [5, 5.41) is 10.8. The van der Waals surface area contributed by atoms with Gasteiger partial charge < -0.3 is 5.11 Å². The number of carbonyl (C=O) groups excluding carboxylic acids is 2. The van der Waals surface area contributed by atoms with Gasteiger partial charge in [0.25, 0.3) is 5.91 Å². The van der Waals surface area contributed by atoms with Crippen LogP contribution in [-0.2, 0) is 16.0 Å². The average molecular weight is 468 g/mol. The Bertz CT molecular complexity index is 946. The van der Waals surface area contributed by atoms with Crippen LogP contribution < -0.4 is 4.90 Å². The molecular weight excluding hydrogens is 442 g/mol. The number of aliphatic hydroxyl groups excluding tert-OH is 1. The summed E-state index contributed by atoms with van der Waals surface area (Å²) >= 11 is 3.43. The van der Waals surface area contributed by atoms with Gasteiger partial charge in [-0.15, -0.1) is 0 Å². The van der Waals surface area contributed by atoms with Crippen LogP contribution in [0.5, 0.6) is 0 Å². The molecule has 1 fully saturated rings. The van der Waals surface area contributed by atoms with Gasteiger partial charge in [-0.1, -0.05) is 65.5 Å². The number of carbonyl (C=O) groups is 2. The number of ketones is 1. The van der Waals surface area contributed by atoms with Gasteiger partial charge in [0.15, 0.2) is 11.5 Å². The fraction of sp³-hybridized carbons (Fsp3) is 0.360. The Morgan fingerprint density at radius 2 is 1.67 bits per heavy atom. The largest absolute Gasteiger partial charge is 0.503 e. The van der Waals surface area contributed by atoms with E-state index in [1.807, 2.05) is 54.6 Å². The summed E-state index contributed by atoms with van der Waals surface area (Å²) in [4.78, 5) is 28.0. The monoisotopic (exact) mass is 467 g/mol. The third kappa shape index (κ3) is 4.22. The number of amides is 1. The van der Waals surface area contributed by atoms with Gasteiger partial charge in [0.1, 0.15) is 0 Å². The quantitative estimate of drug-likeness (QED) is 0.587. The predicted octanol–water partition coefficient (Wildman–Crippen LogP) is 5.76. The number of hydrogen-bond donors (Lipinski definition) is 1. The highest BCUT2D eigenvalue weighted by atomic mass is 79.9. The van der Waals surface area contributed by atoms with Crippen LogP contribution in [0.15, 0.2) is 70.4 Å². The van der Waals surface area contributed by atoms with Crippen molar-refractivity contribution in [1.29, 1.82) is 0 Å². The Morgan fingerprint density at radius 3 is 2.33 bits per heavy atom. The van der Waals surface area contributed by atoms with Gasteiger partial charge in [-0.05, 0) is 55.0 Å². The zero-order valence-electron chi connectivity index (χ0n) is 16.9. The van der Waals surface area contributed by atoms with Gasteiger partial charge in [-0.25, -0.2) is 0 Å². The molecular formula is C25H26BrNO3. The van der Waals surface area contributed by atoms with E-state index < -0.39 is 5.91 Å². The molecule has 1 saturated carbocycles. The van der Waals surface area contributed by atoms with E-state index in [1.165, 1.54) is 6.42 Å². The number of Topliss-reactive ketones (excluding diaryl/α,β-unsaturated/α-hetero) is 1. The molecule has 1 heterocycles. The minimum absolute atomic E-state index is 0.125. The molecule has 4 nitrogen and oxygen atoms in total. The van der Waals surface area contributed by atoms with E-state index in [2.05, 4.69) is 15.9 Å². The maximum Gasteiger partial charge on any atom is 0.294 e. The molecule has 0 aromatic heterocycles. The van der Waals surface area contributed by atoms with Crippen LogP contribution in [0, 0.1) is 5.92 Å². The molecule has 1 N–H and O–H groups in total. The summed E-state index contributed by atoms with van der Waals surface area (Å²) in [7, 11) is 0. The van der Waals surface area contributed by atoms with Gasteiger partial charge in [0, 0.05) is 16.6 Å². The SMILES string of the molecule is O=C(CCc1ccccc1)C1=C(O)C(=O)N(c2ccc(Br)cc2)C1C1CCCCC1. The number of aliphatic hydroxyl groups is 1. The second-order valence-electron chi connectivity index (χ2n) is 8.17. The van der Waals surface area contributed by atoms with E-state index in [0.29, 0.717) is 12.0 Å². The first-order valence-electron chi connectivity index (χ1n) is 10.7. The van der Waals surface area contributed by atoms with Crippen molar-refractivity contribution < 1.29 is 14.7 Å². The summed E-state index contributed by atoms with van der Waals surface area (Å²) < 4.78 is 0.920. The number of benzene rings is 2. The molecule has 0 radical (unpaired) electrons. The number of nitrogens with zero attached hydrogens (tertiary/aromatic N) is 1. The number of aryl methyl sites for hydroxylation is 1. The maximum atomic E-state index is 13.3. The van der Waals surface area contributed by atoms with Crippen LogP contribution in [0.25, 0.3) is 0 Å². The predicted molar refractivity (Wildman–Crippen MR) is 121 cm³/mol. The van der Waals surface area contributed by atoms with E-state index in [9.17, 15) is 14.7 Å². The number of rotatable bonds is 6. The molecule has 4 rings (SSSR count). The Kier molecular flexibility index (Phi) is 6.38. The molecule has 5 heteroatoms. The van der Waals surface area contributed by atoms with E-state index >= 15 is 0 Å². The Morgan fingerprint density at radius 1 is 1.00 bits per heavy atom. The van der Waals surface area contributed by atoms with Gasteiger partial charge >= 0.3 is 0 Å². The van der Waals surface area contributed by atoms with Gasteiger partial charge in [0.2, 0.25) is 0 Å². The number of hydrogen-bond acceptors (Lipinski definition) is 3. The molecule has 30 heavy (non-hydrogen) atoms. The standard InChI is InChI=1S/C25H26BrNO3/c26-19-12-14-20(15-13-19)27-23(18-9-5-2-6-10-18)22(24(29)25(27)30)21(28)16-11-17-7-3-1-4-8-17/h1,3-4,7-8,12-15,18,23,29H,2,5-6,9-11,16H2. The maximum absolute atomic E-state index is 13.3. The highest BCUT2D eigenvalue weighted by Crippen LogP contribution is 2.40. The van der Waals surface area contributed by atoms with Crippen LogP contribution in [0.4, 0.5) is 5.69 Å². The molecule has 0 spiro atoms.